The first-order valence-electron chi connectivity index (χ1n) is 29.6. The molecule has 0 bridgehead atoms. The van der Waals surface area contributed by atoms with Crippen molar-refractivity contribution >= 4 is 47.3 Å². The summed E-state index contributed by atoms with van der Waals surface area (Å²) in [7, 11) is 3.44. The molecule has 6 N–H and O–H groups in total. The molecule has 2 heterocycles. The van der Waals surface area contributed by atoms with E-state index in [-0.39, 0.29) is 96.7 Å². The Hall–Kier alpha value is -6.66. The van der Waals surface area contributed by atoms with E-state index in [1.807, 2.05) is 70.5 Å². The van der Waals surface area contributed by atoms with Gasteiger partial charge in [0.25, 0.3) is 11.8 Å². The number of carbonyl (C=O) groups is 8. The lowest BCUT2D eigenvalue weighted by Gasteiger charge is -2.37. The minimum Gasteiger partial charge on any atom is -0.343 e. The van der Waals surface area contributed by atoms with Crippen LogP contribution in [0.5, 0.6) is 0 Å². The maximum atomic E-state index is 14.5. The van der Waals surface area contributed by atoms with Crippen molar-refractivity contribution in [2.75, 3.05) is 66.5 Å². The van der Waals surface area contributed by atoms with Gasteiger partial charge in [0.2, 0.25) is 35.4 Å². The van der Waals surface area contributed by atoms with Crippen LogP contribution in [0.4, 0.5) is 0 Å². The molecule has 7 rings (SSSR count). The average Bonchev–Trinajstić information content (AvgIpc) is 4.19. The molecule has 18 heteroatoms. The predicted molar refractivity (Wildman–Crippen MR) is 308 cm³/mol. The van der Waals surface area contributed by atoms with Crippen LogP contribution in [-0.2, 0) is 41.6 Å². The van der Waals surface area contributed by atoms with Crippen LogP contribution >= 0.6 is 0 Å². The zero-order valence-electron chi connectivity index (χ0n) is 47.7. The van der Waals surface area contributed by atoms with E-state index in [9.17, 15) is 38.4 Å². The maximum Gasteiger partial charge on any atom is 0.251 e. The number of hydrogen-bond acceptors (Lipinski definition) is 10. The highest BCUT2D eigenvalue weighted by molar-refractivity contribution is 6.00. The molecule has 3 aromatic rings. The zero-order valence-corrected chi connectivity index (χ0v) is 47.7. The number of amides is 8. The van der Waals surface area contributed by atoms with Crippen molar-refractivity contribution in [3.05, 3.63) is 107 Å². The van der Waals surface area contributed by atoms with Crippen molar-refractivity contribution in [3.8, 4) is 0 Å². The lowest BCUT2D eigenvalue weighted by Crippen LogP contribution is -2.57. The van der Waals surface area contributed by atoms with E-state index < -0.39 is 36.0 Å². The first-order valence-corrected chi connectivity index (χ1v) is 29.6. The Bertz CT molecular complexity index is 2350. The van der Waals surface area contributed by atoms with Crippen LogP contribution in [0.2, 0.25) is 0 Å². The van der Waals surface area contributed by atoms with Crippen molar-refractivity contribution < 1.29 is 38.4 Å². The van der Waals surface area contributed by atoms with E-state index in [1.54, 1.807) is 37.7 Å². The SMILES string of the molecule is CN[C@@H](C)C(=O)N[C@H](C(=O)N1CCC[C@H]1CN(CCc1ccccc1)C(=O)CNC(=O)c1ccc(C(=O)NCC(=O)N(CCc2ccccc2)C[C@@H]2CCCN2C(=O)[C@@H](NC(=O)[C@H](C)NC)C2CCCCC2)cc1)C1CCCCC1. The smallest absolute Gasteiger partial charge is 0.251 e. The monoisotopic (exact) mass is 1100 g/mol. The number of rotatable bonds is 26. The fourth-order valence-corrected chi connectivity index (χ4v) is 12.0. The van der Waals surface area contributed by atoms with Crippen molar-refractivity contribution in [1.29, 1.82) is 0 Å². The summed E-state index contributed by atoms with van der Waals surface area (Å²) in [6.07, 6.45) is 13.8. The first kappa shape index (κ1) is 61.0. The number of carbonyl (C=O) groups excluding carboxylic acids is 8. The molecule has 0 unspecified atom stereocenters. The minimum atomic E-state index is -0.647. The zero-order chi connectivity index (χ0) is 57.0. The summed E-state index contributed by atoms with van der Waals surface area (Å²) >= 11 is 0. The van der Waals surface area contributed by atoms with Gasteiger partial charge >= 0.3 is 0 Å². The highest BCUT2D eigenvalue weighted by Crippen LogP contribution is 2.31. The Kier molecular flexibility index (Phi) is 23.5. The molecule has 18 nitrogen and oxygen atoms in total. The van der Waals surface area contributed by atoms with E-state index in [1.165, 1.54) is 24.3 Å². The third kappa shape index (κ3) is 17.2. The highest BCUT2D eigenvalue weighted by Gasteiger charge is 2.41. The van der Waals surface area contributed by atoms with Crippen LogP contribution in [0, 0.1) is 11.8 Å². The quantitative estimate of drug-likeness (QED) is 0.0655. The fraction of sp³-hybridized carbons (Fsp3) is 0.581. The Morgan fingerprint density at radius 3 is 1.20 bits per heavy atom. The summed E-state index contributed by atoms with van der Waals surface area (Å²) in [6, 6.07) is 23.0. The molecule has 3 aromatic carbocycles. The van der Waals surface area contributed by atoms with E-state index in [2.05, 4.69) is 31.9 Å². The average molecular weight is 1100 g/mol. The molecule has 0 aromatic heterocycles. The van der Waals surface area contributed by atoms with Crippen LogP contribution in [0.15, 0.2) is 84.9 Å². The molecule has 2 saturated heterocycles. The fourth-order valence-electron chi connectivity index (χ4n) is 12.0. The van der Waals surface area contributed by atoms with Gasteiger partial charge in [-0.3, -0.25) is 38.4 Å². The van der Waals surface area contributed by atoms with Gasteiger partial charge in [-0.2, -0.15) is 0 Å². The van der Waals surface area contributed by atoms with Gasteiger partial charge in [-0.05, 0) is 139 Å². The lowest BCUT2D eigenvalue weighted by atomic mass is 9.83. The van der Waals surface area contributed by atoms with Crippen molar-refractivity contribution in [3.63, 3.8) is 0 Å². The topological polar surface area (TPSA) is 222 Å². The molecule has 2 aliphatic heterocycles. The molecule has 2 saturated carbocycles. The minimum absolute atomic E-state index is 0.0376. The van der Waals surface area contributed by atoms with E-state index in [0.29, 0.717) is 51.9 Å². The number of benzene rings is 3. The summed E-state index contributed by atoms with van der Waals surface area (Å²) in [6.45, 7) is 5.33. The van der Waals surface area contributed by atoms with E-state index >= 15 is 0 Å². The van der Waals surface area contributed by atoms with Gasteiger partial charge in [0.1, 0.15) is 12.1 Å². The van der Waals surface area contributed by atoms with E-state index in [0.717, 1.165) is 88.2 Å². The number of nitrogens with zero attached hydrogens (tertiary/aromatic N) is 4. The summed E-state index contributed by atoms with van der Waals surface area (Å²) < 4.78 is 0. The van der Waals surface area contributed by atoms with Gasteiger partial charge in [0, 0.05) is 62.5 Å². The second-order valence-electron chi connectivity index (χ2n) is 22.5. The molecule has 8 amide bonds. The molecular weight excluding hydrogens is 1010 g/mol. The van der Waals surface area contributed by atoms with Gasteiger partial charge in [-0.1, -0.05) is 99.2 Å². The van der Waals surface area contributed by atoms with Crippen LogP contribution in [-0.4, -0.2) is 170 Å². The van der Waals surface area contributed by atoms with Gasteiger partial charge in [-0.25, -0.2) is 0 Å². The molecule has 4 aliphatic rings. The van der Waals surface area contributed by atoms with Gasteiger partial charge in [-0.15, -0.1) is 0 Å². The van der Waals surface area contributed by atoms with Crippen LogP contribution in [0.3, 0.4) is 0 Å². The van der Waals surface area contributed by atoms with Crippen molar-refractivity contribution in [2.24, 2.45) is 11.8 Å². The molecule has 434 valence electrons. The number of hydrogen-bond donors (Lipinski definition) is 6. The Morgan fingerprint density at radius 1 is 0.487 bits per heavy atom. The highest BCUT2D eigenvalue weighted by atomic mass is 16.2. The van der Waals surface area contributed by atoms with Gasteiger partial charge in [0.05, 0.1) is 25.2 Å². The Balaban J connectivity index is 0.962. The Labute approximate surface area is 473 Å². The molecule has 80 heavy (non-hydrogen) atoms. The third-order valence-electron chi connectivity index (χ3n) is 17.1. The van der Waals surface area contributed by atoms with Crippen LogP contribution in [0.25, 0.3) is 0 Å². The number of nitrogens with one attached hydrogen (secondary N) is 6. The molecule has 6 atom stereocenters. The third-order valence-corrected chi connectivity index (χ3v) is 17.1. The number of likely N-dealkylation sites (tertiary alicyclic amines) is 2. The summed E-state index contributed by atoms with van der Waals surface area (Å²) in [5, 5.41) is 17.7. The lowest BCUT2D eigenvalue weighted by molar-refractivity contribution is -0.141. The Morgan fingerprint density at radius 2 is 0.850 bits per heavy atom. The normalized spacial score (nSPS) is 19.2. The summed E-state index contributed by atoms with van der Waals surface area (Å²) in [5.74, 6) is -2.17. The van der Waals surface area contributed by atoms with Crippen molar-refractivity contribution in [1.82, 2.24) is 51.5 Å². The number of likely N-dealkylation sites (N-methyl/N-ethyl adjacent to an activating group) is 2. The first-order chi connectivity index (χ1) is 38.7. The molecule has 4 fully saturated rings. The van der Waals surface area contributed by atoms with E-state index in [4.69, 9.17) is 0 Å². The molecule has 2 aliphatic carbocycles. The second kappa shape index (κ2) is 30.8. The van der Waals surface area contributed by atoms with Crippen molar-refractivity contribution in [2.45, 2.75) is 153 Å². The summed E-state index contributed by atoms with van der Waals surface area (Å²) in [5.41, 5.74) is 2.57. The standard InChI is InChI=1S/C62H88N10O8/c1-43(63-3)57(75)67-55(47-23-13-7-14-24-47)61(79)71-35-17-27-51(71)41-69(37-33-45-19-9-5-10-20-45)53(73)39-65-59(77)49-29-31-50(32-30-49)60(78)66-40-54(74)70(38-34-46-21-11-6-12-22-46)42-52-28-18-36-72(52)62(80)56(48-25-15-8-16-26-48)68-58(76)44(2)64-4/h5-6,9-12,19-22,29-32,43-44,47-48,51-52,55-56,63-64H,7-8,13-18,23-28,33-42H2,1-4H3,(H,65,77)(H,66,78)(H,67,75)(H,68,76)/t43-,44-,51-,52-,55-,56-/m0/s1. The summed E-state index contributed by atoms with van der Waals surface area (Å²) in [4.78, 5) is 118. The second-order valence-corrected chi connectivity index (χ2v) is 22.5. The largest absolute Gasteiger partial charge is 0.343 e. The maximum absolute atomic E-state index is 14.5. The van der Waals surface area contributed by atoms with Gasteiger partial charge < -0.3 is 51.5 Å². The van der Waals surface area contributed by atoms with Crippen LogP contribution < -0.4 is 31.9 Å². The molecule has 0 spiro atoms. The predicted octanol–water partition coefficient (Wildman–Crippen LogP) is 4.62. The van der Waals surface area contributed by atoms with Gasteiger partial charge in [0.15, 0.2) is 0 Å². The molecule has 0 radical (unpaired) electrons. The molecular formula is C62H88N10O8. The van der Waals surface area contributed by atoms with Crippen LogP contribution in [0.1, 0.15) is 136 Å².